The molecular weight excluding hydrogens is 316 g/mol. The van der Waals surface area contributed by atoms with Gasteiger partial charge in [0, 0.05) is 16.6 Å². The van der Waals surface area contributed by atoms with Gasteiger partial charge in [0.15, 0.2) is 0 Å². The van der Waals surface area contributed by atoms with Gasteiger partial charge in [-0.2, -0.15) is 0 Å². The quantitative estimate of drug-likeness (QED) is 0.829. The third kappa shape index (κ3) is 2.57. The number of rotatable bonds is 3. The first-order valence-corrected chi connectivity index (χ1v) is 6.87. The van der Waals surface area contributed by atoms with E-state index in [1.807, 2.05) is 0 Å². The Hall–Kier alpha value is -0.150. The van der Waals surface area contributed by atoms with E-state index in [-0.39, 0.29) is 5.91 Å². The van der Waals surface area contributed by atoms with Crippen LogP contribution in [0, 0.1) is 5.41 Å². The predicted octanol–water partition coefficient (Wildman–Crippen LogP) is 4.19. The first kappa shape index (κ1) is 14.3. The zero-order chi connectivity index (χ0) is 13.6. The van der Waals surface area contributed by atoms with Crippen LogP contribution in [0.2, 0.25) is 10.0 Å². The van der Waals surface area contributed by atoms with Gasteiger partial charge in [-0.1, -0.05) is 29.3 Å². The maximum atomic E-state index is 11.9. The van der Waals surface area contributed by atoms with Crippen molar-refractivity contribution in [3.8, 4) is 0 Å². The molecule has 6 heteroatoms. The molecule has 1 aliphatic carbocycles. The molecule has 98 valence electrons. The molecule has 2 nitrogen and oxygen atoms in total. The SMILES string of the molecule is C[C@@]1(C(=O)NCc2ccc(Cl)cc2Cl)CC1(Cl)Cl. The van der Waals surface area contributed by atoms with E-state index in [0.29, 0.717) is 23.0 Å². The van der Waals surface area contributed by atoms with Gasteiger partial charge in [0.25, 0.3) is 0 Å². The second-order valence-corrected chi connectivity index (χ2v) is 6.96. The molecule has 1 aliphatic rings. The first-order valence-electron chi connectivity index (χ1n) is 5.36. The first-order chi connectivity index (χ1) is 8.26. The maximum Gasteiger partial charge on any atom is 0.229 e. The number of nitrogens with one attached hydrogen (secondary N) is 1. The molecule has 1 amide bonds. The van der Waals surface area contributed by atoms with Crippen molar-refractivity contribution >= 4 is 52.3 Å². The van der Waals surface area contributed by atoms with Crippen molar-refractivity contribution in [2.24, 2.45) is 5.41 Å². The molecule has 0 radical (unpaired) electrons. The van der Waals surface area contributed by atoms with Gasteiger partial charge in [0.05, 0.1) is 5.41 Å². The summed E-state index contributed by atoms with van der Waals surface area (Å²) < 4.78 is -0.957. The summed E-state index contributed by atoms with van der Waals surface area (Å²) in [6.07, 6.45) is 0.462. The lowest BCUT2D eigenvalue weighted by Crippen LogP contribution is -2.32. The Kier molecular flexibility index (Phi) is 3.76. The van der Waals surface area contributed by atoms with Crippen LogP contribution in [0.15, 0.2) is 18.2 Å². The lowest BCUT2D eigenvalue weighted by molar-refractivity contribution is -0.125. The van der Waals surface area contributed by atoms with E-state index in [4.69, 9.17) is 46.4 Å². The Balaban J connectivity index is 1.99. The fraction of sp³-hybridized carbons (Fsp3) is 0.417. The molecule has 0 bridgehead atoms. The van der Waals surface area contributed by atoms with Gasteiger partial charge in [-0.15, -0.1) is 23.2 Å². The Labute approximate surface area is 126 Å². The van der Waals surface area contributed by atoms with E-state index in [1.165, 1.54) is 0 Å². The molecule has 1 atom stereocenters. The molecule has 0 heterocycles. The number of hydrogen-bond acceptors (Lipinski definition) is 1. The standard InChI is InChI=1S/C12H11Cl4NO/c1-11(6-12(11,15)16)10(18)17-5-7-2-3-8(13)4-9(7)14/h2-4H,5-6H2,1H3,(H,17,18)/t11-/m0/s1. The molecule has 1 aromatic carbocycles. The zero-order valence-corrected chi connectivity index (χ0v) is 12.6. The summed E-state index contributed by atoms with van der Waals surface area (Å²) in [6, 6.07) is 5.13. The van der Waals surface area contributed by atoms with Crippen LogP contribution < -0.4 is 5.32 Å². The number of benzene rings is 1. The number of carbonyl (C=O) groups excluding carboxylic acids is 1. The van der Waals surface area contributed by atoms with Crippen LogP contribution in [0.3, 0.4) is 0 Å². The van der Waals surface area contributed by atoms with Crippen LogP contribution in [0.25, 0.3) is 0 Å². The highest BCUT2D eigenvalue weighted by Gasteiger charge is 2.67. The minimum Gasteiger partial charge on any atom is -0.351 e. The fourth-order valence-electron chi connectivity index (χ4n) is 1.68. The Morgan fingerprint density at radius 3 is 2.50 bits per heavy atom. The Morgan fingerprint density at radius 1 is 1.39 bits per heavy atom. The van der Waals surface area contributed by atoms with E-state index < -0.39 is 9.75 Å². The lowest BCUT2D eigenvalue weighted by Gasteiger charge is -2.13. The minimum absolute atomic E-state index is 0.168. The molecule has 0 spiro atoms. The number of halogens is 4. The molecule has 0 saturated heterocycles. The van der Waals surface area contributed by atoms with Crippen molar-refractivity contribution < 1.29 is 4.79 Å². The maximum absolute atomic E-state index is 11.9. The van der Waals surface area contributed by atoms with Crippen LogP contribution in [-0.2, 0) is 11.3 Å². The highest BCUT2D eigenvalue weighted by atomic mass is 35.5. The zero-order valence-electron chi connectivity index (χ0n) is 9.57. The highest BCUT2D eigenvalue weighted by molar-refractivity contribution is 6.53. The topological polar surface area (TPSA) is 29.1 Å². The van der Waals surface area contributed by atoms with Crippen molar-refractivity contribution in [1.82, 2.24) is 5.32 Å². The Morgan fingerprint density at radius 2 is 2.00 bits per heavy atom. The van der Waals surface area contributed by atoms with E-state index >= 15 is 0 Å². The summed E-state index contributed by atoms with van der Waals surface area (Å²) in [4.78, 5) is 11.9. The largest absolute Gasteiger partial charge is 0.351 e. The summed E-state index contributed by atoms with van der Waals surface area (Å²) >= 11 is 23.7. The monoisotopic (exact) mass is 325 g/mol. The van der Waals surface area contributed by atoms with Crippen molar-refractivity contribution in [3.63, 3.8) is 0 Å². The smallest absolute Gasteiger partial charge is 0.229 e. The molecule has 18 heavy (non-hydrogen) atoms. The van der Waals surface area contributed by atoms with Gasteiger partial charge in [-0.25, -0.2) is 0 Å². The summed E-state index contributed by atoms with van der Waals surface area (Å²) in [5.74, 6) is -0.168. The second kappa shape index (κ2) is 4.75. The third-order valence-corrected chi connectivity index (χ3v) is 4.90. The van der Waals surface area contributed by atoms with Crippen molar-refractivity contribution in [3.05, 3.63) is 33.8 Å². The minimum atomic E-state index is -0.957. The molecule has 1 aromatic rings. The molecule has 1 N–H and O–H groups in total. The molecule has 1 fully saturated rings. The van der Waals surface area contributed by atoms with E-state index in [0.717, 1.165) is 5.56 Å². The van der Waals surface area contributed by atoms with Gasteiger partial charge >= 0.3 is 0 Å². The molecule has 2 rings (SSSR count). The molecule has 0 aliphatic heterocycles. The molecule has 1 saturated carbocycles. The lowest BCUT2D eigenvalue weighted by atomic mass is 10.1. The number of amides is 1. The van der Waals surface area contributed by atoms with Crippen LogP contribution >= 0.6 is 46.4 Å². The van der Waals surface area contributed by atoms with Crippen molar-refractivity contribution in [2.75, 3.05) is 0 Å². The van der Waals surface area contributed by atoms with Crippen molar-refractivity contribution in [2.45, 2.75) is 24.2 Å². The van der Waals surface area contributed by atoms with Gasteiger partial charge < -0.3 is 5.32 Å². The van der Waals surface area contributed by atoms with Crippen LogP contribution in [0.4, 0.5) is 0 Å². The van der Waals surface area contributed by atoms with E-state index in [2.05, 4.69) is 5.32 Å². The summed E-state index contributed by atoms with van der Waals surface area (Å²) in [5.41, 5.74) is 0.0862. The highest BCUT2D eigenvalue weighted by Crippen LogP contribution is 2.63. The van der Waals surface area contributed by atoms with Gasteiger partial charge in [-0.05, 0) is 31.0 Å². The summed E-state index contributed by atoms with van der Waals surface area (Å²) in [5, 5.41) is 3.86. The van der Waals surface area contributed by atoms with Crippen LogP contribution in [0.5, 0.6) is 0 Å². The molecule has 0 unspecified atom stereocenters. The van der Waals surface area contributed by atoms with Crippen molar-refractivity contribution in [1.29, 1.82) is 0 Å². The number of hydrogen-bond donors (Lipinski definition) is 1. The van der Waals surface area contributed by atoms with Crippen LogP contribution in [0.1, 0.15) is 18.9 Å². The van der Waals surface area contributed by atoms with Gasteiger partial charge in [0.2, 0.25) is 5.91 Å². The molecule has 0 aromatic heterocycles. The summed E-state index contributed by atoms with van der Waals surface area (Å²) in [7, 11) is 0. The normalized spacial score (nSPS) is 24.7. The fourth-order valence-corrected chi connectivity index (χ4v) is 2.86. The Bertz CT molecular complexity index is 503. The third-order valence-electron chi connectivity index (χ3n) is 3.21. The van der Waals surface area contributed by atoms with E-state index in [9.17, 15) is 4.79 Å². The molecular formula is C12H11Cl4NO. The average Bonchev–Trinajstić information content (AvgIpc) is 2.78. The van der Waals surface area contributed by atoms with Gasteiger partial charge in [-0.3, -0.25) is 4.79 Å². The van der Waals surface area contributed by atoms with Gasteiger partial charge in [0.1, 0.15) is 4.33 Å². The number of alkyl halides is 2. The van der Waals surface area contributed by atoms with Crippen LogP contribution in [-0.4, -0.2) is 10.2 Å². The average molecular weight is 327 g/mol. The second-order valence-electron chi connectivity index (χ2n) is 4.63. The summed E-state index contributed by atoms with van der Waals surface area (Å²) in [6.45, 7) is 2.07. The van der Waals surface area contributed by atoms with E-state index in [1.54, 1.807) is 25.1 Å². The number of carbonyl (C=O) groups is 1. The predicted molar refractivity (Wildman–Crippen MR) is 75.5 cm³/mol.